The minimum Gasteiger partial charge on any atom is -0.369 e. The van der Waals surface area contributed by atoms with Crippen molar-refractivity contribution < 1.29 is 14.2 Å². The fraction of sp³-hybridized carbons (Fsp3) is 0.727. The lowest BCUT2D eigenvalue weighted by Crippen LogP contribution is -2.21. The molecule has 0 unspecified atom stereocenters. The Balaban J connectivity index is 2.85. The molecule has 0 saturated heterocycles. The van der Waals surface area contributed by atoms with E-state index in [-0.39, 0.29) is 5.60 Å². The van der Waals surface area contributed by atoms with Crippen LogP contribution < -0.4 is 0 Å². The normalized spacial score (nSPS) is 12.4. The molecule has 1 heterocycles. The summed E-state index contributed by atoms with van der Waals surface area (Å²) in [5.74, 6) is 0. The Labute approximate surface area is 101 Å². The van der Waals surface area contributed by atoms with E-state index < -0.39 is 6.29 Å². The Kier molecular flexibility index (Phi) is 4.86. The lowest BCUT2D eigenvalue weighted by Gasteiger charge is -2.21. The van der Waals surface area contributed by atoms with Gasteiger partial charge in [0.15, 0.2) is 0 Å². The molecule has 0 bridgehead atoms. The second-order valence-electron chi connectivity index (χ2n) is 3.82. The highest BCUT2D eigenvalue weighted by atomic mass is 32.1. The molecule has 0 aromatic carbocycles. The molecule has 0 aliphatic carbocycles. The van der Waals surface area contributed by atoms with Gasteiger partial charge in [0.1, 0.15) is 16.3 Å². The van der Waals surface area contributed by atoms with Crippen molar-refractivity contribution in [2.45, 2.75) is 32.7 Å². The summed E-state index contributed by atoms with van der Waals surface area (Å²) in [6.07, 6.45) is -0.401. The molecule has 0 spiro atoms. The lowest BCUT2D eigenvalue weighted by molar-refractivity contribution is -0.108. The molecule has 0 N–H and O–H groups in total. The number of aromatic nitrogens is 1. The zero-order valence-electron chi connectivity index (χ0n) is 10.4. The molecule has 16 heavy (non-hydrogen) atoms. The fourth-order valence-electron chi connectivity index (χ4n) is 1.43. The average molecular weight is 245 g/mol. The summed E-state index contributed by atoms with van der Waals surface area (Å²) in [4.78, 5) is 4.49. The van der Waals surface area contributed by atoms with Gasteiger partial charge >= 0.3 is 0 Å². The summed E-state index contributed by atoms with van der Waals surface area (Å²) < 4.78 is 15.9. The van der Waals surface area contributed by atoms with Gasteiger partial charge < -0.3 is 14.2 Å². The van der Waals surface area contributed by atoms with Crippen molar-refractivity contribution in [3.63, 3.8) is 0 Å². The third-order valence-electron chi connectivity index (χ3n) is 2.21. The van der Waals surface area contributed by atoms with E-state index in [9.17, 15) is 0 Å². The van der Waals surface area contributed by atoms with E-state index in [1.807, 2.05) is 26.2 Å². The van der Waals surface area contributed by atoms with Crippen molar-refractivity contribution in [3.05, 3.63) is 16.1 Å². The van der Waals surface area contributed by atoms with Gasteiger partial charge in [-0.2, -0.15) is 0 Å². The van der Waals surface area contributed by atoms with Crippen LogP contribution in [-0.4, -0.2) is 25.8 Å². The van der Waals surface area contributed by atoms with Crippen LogP contribution in [0.2, 0.25) is 0 Å². The van der Waals surface area contributed by atoms with E-state index in [4.69, 9.17) is 14.2 Å². The SMILES string of the molecule is CCOC(C)(C)c1nc(C(OC)OC)cs1. The summed E-state index contributed by atoms with van der Waals surface area (Å²) in [5.41, 5.74) is 0.432. The third kappa shape index (κ3) is 3.01. The second kappa shape index (κ2) is 5.72. The van der Waals surface area contributed by atoms with Crippen LogP contribution in [0.1, 0.15) is 37.8 Å². The van der Waals surface area contributed by atoms with E-state index in [2.05, 4.69) is 4.98 Å². The van der Waals surface area contributed by atoms with Crippen LogP contribution in [0.3, 0.4) is 0 Å². The van der Waals surface area contributed by atoms with Gasteiger partial charge in [0.25, 0.3) is 0 Å². The zero-order chi connectivity index (χ0) is 12.2. The van der Waals surface area contributed by atoms with Crippen LogP contribution >= 0.6 is 11.3 Å². The first-order chi connectivity index (χ1) is 7.55. The van der Waals surface area contributed by atoms with Gasteiger partial charge in [0.2, 0.25) is 6.29 Å². The standard InChI is InChI=1S/C11H19NO3S/c1-6-15-11(2,3)10-12-8(7-16-10)9(13-4)14-5/h7,9H,6H2,1-5H3. The predicted molar refractivity (Wildman–Crippen MR) is 63.5 cm³/mol. The van der Waals surface area contributed by atoms with Crippen molar-refractivity contribution in [1.82, 2.24) is 4.98 Å². The quantitative estimate of drug-likeness (QED) is 0.722. The number of methoxy groups -OCH3 is 2. The highest BCUT2D eigenvalue weighted by molar-refractivity contribution is 7.09. The summed E-state index contributed by atoms with van der Waals surface area (Å²) in [6, 6.07) is 0. The summed E-state index contributed by atoms with van der Waals surface area (Å²) >= 11 is 1.56. The lowest BCUT2D eigenvalue weighted by atomic mass is 10.1. The third-order valence-corrected chi connectivity index (χ3v) is 3.38. The molecule has 0 radical (unpaired) electrons. The molecule has 0 fully saturated rings. The summed E-state index contributed by atoms with van der Waals surface area (Å²) in [6.45, 7) is 6.66. The number of hydrogen-bond donors (Lipinski definition) is 0. The van der Waals surface area contributed by atoms with E-state index in [0.717, 1.165) is 10.7 Å². The van der Waals surface area contributed by atoms with E-state index in [1.54, 1.807) is 25.6 Å². The highest BCUT2D eigenvalue weighted by Gasteiger charge is 2.26. The van der Waals surface area contributed by atoms with Gasteiger partial charge in [-0.1, -0.05) is 0 Å². The van der Waals surface area contributed by atoms with Gasteiger partial charge in [-0.3, -0.25) is 0 Å². The number of rotatable bonds is 6. The molecule has 5 heteroatoms. The molecule has 0 amide bonds. The van der Waals surface area contributed by atoms with Gasteiger partial charge in [0, 0.05) is 26.2 Å². The molecule has 0 atom stereocenters. The number of nitrogens with zero attached hydrogens (tertiary/aromatic N) is 1. The van der Waals surface area contributed by atoms with E-state index in [1.165, 1.54) is 0 Å². The van der Waals surface area contributed by atoms with Gasteiger partial charge in [-0.15, -0.1) is 11.3 Å². The molecule has 92 valence electrons. The molecule has 0 aliphatic rings. The van der Waals surface area contributed by atoms with Crippen LogP contribution in [-0.2, 0) is 19.8 Å². The Morgan fingerprint density at radius 3 is 2.50 bits per heavy atom. The maximum absolute atomic E-state index is 5.64. The van der Waals surface area contributed by atoms with Crippen LogP contribution in [0.4, 0.5) is 0 Å². The van der Waals surface area contributed by atoms with E-state index in [0.29, 0.717) is 6.61 Å². The molecule has 1 aromatic rings. The Morgan fingerprint density at radius 2 is 2.00 bits per heavy atom. The first kappa shape index (κ1) is 13.6. The van der Waals surface area contributed by atoms with Crippen LogP contribution in [0.5, 0.6) is 0 Å². The minimum atomic E-state index is -0.401. The molecule has 1 aromatic heterocycles. The molecule has 0 saturated carbocycles. The van der Waals surface area contributed by atoms with Gasteiger partial charge in [-0.25, -0.2) is 4.98 Å². The summed E-state index contributed by atoms with van der Waals surface area (Å²) in [5, 5.41) is 2.87. The Bertz CT molecular complexity index is 321. The summed E-state index contributed by atoms with van der Waals surface area (Å²) in [7, 11) is 3.20. The molecule has 0 aliphatic heterocycles. The fourth-order valence-corrected chi connectivity index (χ4v) is 2.33. The Morgan fingerprint density at radius 1 is 1.38 bits per heavy atom. The van der Waals surface area contributed by atoms with Crippen molar-refractivity contribution in [2.75, 3.05) is 20.8 Å². The Hall–Kier alpha value is -0.490. The molecule has 4 nitrogen and oxygen atoms in total. The van der Waals surface area contributed by atoms with Crippen LogP contribution in [0.15, 0.2) is 5.38 Å². The molecule has 1 rings (SSSR count). The maximum Gasteiger partial charge on any atom is 0.201 e. The number of ether oxygens (including phenoxy) is 3. The predicted octanol–water partition coefficient (Wildman–Crippen LogP) is 2.71. The van der Waals surface area contributed by atoms with Gasteiger partial charge in [0.05, 0.1) is 0 Å². The van der Waals surface area contributed by atoms with Crippen molar-refractivity contribution >= 4 is 11.3 Å². The largest absolute Gasteiger partial charge is 0.369 e. The first-order valence-corrected chi connectivity index (χ1v) is 6.08. The van der Waals surface area contributed by atoms with Crippen LogP contribution in [0, 0.1) is 0 Å². The van der Waals surface area contributed by atoms with Crippen molar-refractivity contribution in [1.29, 1.82) is 0 Å². The highest BCUT2D eigenvalue weighted by Crippen LogP contribution is 2.30. The van der Waals surface area contributed by atoms with Crippen molar-refractivity contribution in [3.8, 4) is 0 Å². The van der Waals surface area contributed by atoms with Gasteiger partial charge in [-0.05, 0) is 20.8 Å². The molecular weight excluding hydrogens is 226 g/mol. The zero-order valence-corrected chi connectivity index (χ0v) is 11.3. The first-order valence-electron chi connectivity index (χ1n) is 5.20. The van der Waals surface area contributed by atoms with Crippen molar-refractivity contribution in [2.24, 2.45) is 0 Å². The average Bonchev–Trinajstić information content (AvgIpc) is 2.69. The smallest absolute Gasteiger partial charge is 0.201 e. The maximum atomic E-state index is 5.64. The monoisotopic (exact) mass is 245 g/mol. The number of hydrogen-bond acceptors (Lipinski definition) is 5. The van der Waals surface area contributed by atoms with E-state index >= 15 is 0 Å². The molecular formula is C11H19NO3S. The minimum absolute atomic E-state index is 0.357. The number of thiazole rings is 1. The topological polar surface area (TPSA) is 40.6 Å². The van der Waals surface area contributed by atoms with Crippen LogP contribution in [0.25, 0.3) is 0 Å². The second-order valence-corrected chi connectivity index (χ2v) is 4.68.